The van der Waals surface area contributed by atoms with Crippen LogP contribution in [0, 0.1) is 20.8 Å². The normalized spacial score (nSPS) is 11.0. The molecule has 2 rings (SSSR count). The number of H-pyrrole nitrogens is 1. The maximum absolute atomic E-state index is 11.5. The van der Waals surface area contributed by atoms with Gasteiger partial charge in [0.15, 0.2) is 0 Å². The molecule has 0 aliphatic carbocycles. The van der Waals surface area contributed by atoms with Crippen LogP contribution in [0.2, 0.25) is 0 Å². The lowest BCUT2D eigenvalue weighted by Gasteiger charge is -1.93. The third-order valence-corrected chi connectivity index (χ3v) is 3.33. The molecule has 0 atom stereocenters. The minimum Gasteiger partial charge on any atom is -0.310 e. The van der Waals surface area contributed by atoms with Crippen molar-refractivity contribution in [1.29, 1.82) is 0 Å². The van der Waals surface area contributed by atoms with E-state index in [-0.39, 0.29) is 5.56 Å². The standard InChI is InChI=1S/C9H10N2OS/c1-4-5(2)13-8-7(4)10-6(3)11-9(8)12/h1-3H3,(H,10,11,12). The van der Waals surface area contributed by atoms with Gasteiger partial charge in [-0.3, -0.25) is 4.79 Å². The molecule has 2 heterocycles. The van der Waals surface area contributed by atoms with E-state index in [9.17, 15) is 4.79 Å². The molecule has 0 saturated carbocycles. The average Bonchev–Trinajstić information content (AvgIpc) is 2.32. The number of nitrogens with one attached hydrogen (secondary N) is 1. The number of fused-ring (bicyclic) bond motifs is 1. The van der Waals surface area contributed by atoms with Gasteiger partial charge in [-0.05, 0) is 26.3 Å². The molecule has 0 bridgehead atoms. The highest BCUT2D eigenvalue weighted by molar-refractivity contribution is 7.19. The number of hydrogen-bond acceptors (Lipinski definition) is 3. The summed E-state index contributed by atoms with van der Waals surface area (Å²) in [6, 6.07) is 0. The van der Waals surface area contributed by atoms with E-state index in [2.05, 4.69) is 9.97 Å². The zero-order valence-electron chi connectivity index (χ0n) is 7.76. The summed E-state index contributed by atoms with van der Waals surface area (Å²) in [6.07, 6.45) is 0. The Bertz CT molecular complexity index is 524. The molecule has 3 nitrogen and oxygen atoms in total. The first kappa shape index (κ1) is 8.44. The number of rotatable bonds is 0. The lowest BCUT2D eigenvalue weighted by Crippen LogP contribution is -2.07. The summed E-state index contributed by atoms with van der Waals surface area (Å²) in [4.78, 5) is 19.7. The molecule has 2 aromatic heterocycles. The summed E-state index contributed by atoms with van der Waals surface area (Å²) in [5.41, 5.74) is 1.95. The summed E-state index contributed by atoms with van der Waals surface area (Å²) in [6.45, 7) is 5.81. The first-order chi connectivity index (χ1) is 6.09. The van der Waals surface area contributed by atoms with Crippen molar-refractivity contribution >= 4 is 21.6 Å². The second-order valence-electron chi connectivity index (χ2n) is 3.11. The fourth-order valence-corrected chi connectivity index (χ4v) is 2.32. The molecule has 0 aliphatic heterocycles. The van der Waals surface area contributed by atoms with Gasteiger partial charge in [-0.25, -0.2) is 4.98 Å². The summed E-state index contributed by atoms with van der Waals surface area (Å²) >= 11 is 1.51. The predicted molar refractivity (Wildman–Crippen MR) is 54.5 cm³/mol. The van der Waals surface area contributed by atoms with Gasteiger partial charge in [-0.2, -0.15) is 0 Å². The average molecular weight is 194 g/mol. The van der Waals surface area contributed by atoms with Crippen LogP contribution in [0.3, 0.4) is 0 Å². The first-order valence-electron chi connectivity index (χ1n) is 4.06. The third kappa shape index (κ3) is 1.18. The Balaban J connectivity index is 3.03. The molecule has 0 saturated heterocycles. The molecule has 1 N–H and O–H groups in total. The fraction of sp³-hybridized carbons (Fsp3) is 0.333. The zero-order valence-corrected chi connectivity index (χ0v) is 8.58. The Morgan fingerprint density at radius 3 is 2.69 bits per heavy atom. The molecule has 13 heavy (non-hydrogen) atoms. The molecule has 0 unspecified atom stereocenters. The molecule has 0 amide bonds. The van der Waals surface area contributed by atoms with Gasteiger partial charge in [-0.1, -0.05) is 0 Å². The Labute approximate surface area is 79.4 Å². The highest BCUT2D eigenvalue weighted by atomic mass is 32.1. The maximum atomic E-state index is 11.5. The summed E-state index contributed by atoms with van der Waals surface area (Å²) in [5.74, 6) is 0.679. The molecule has 0 fully saturated rings. The maximum Gasteiger partial charge on any atom is 0.268 e. The van der Waals surface area contributed by atoms with Gasteiger partial charge < -0.3 is 4.98 Å². The molecular weight excluding hydrogens is 184 g/mol. The molecule has 0 radical (unpaired) electrons. The van der Waals surface area contributed by atoms with E-state index in [0.29, 0.717) is 5.82 Å². The zero-order chi connectivity index (χ0) is 9.59. The second kappa shape index (κ2) is 2.67. The Hall–Kier alpha value is -1.16. The van der Waals surface area contributed by atoms with Crippen LogP contribution < -0.4 is 5.56 Å². The molecular formula is C9H10N2OS. The van der Waals surface area contributed by atoms with E-state index in [0.717, 1.165) is 15.8 Å². The van der Waals surface area contributed by atoms with Crippen molar-refractivity contribution in [2.75, 3.05) is 0 Å². The minimum atomic E-state index is -0.0244. The molecule has 2 aromatic rings. The largest absolute Gasteiger partial charge is 0.310 e. The van der Waals surface area contributed by atoms with E-state index in [1.54, 1.807) is 6.92 Å². The van der Waals surface area contributed by atoms with Crippen molar-refractivity contribution in [1.82, 2.24) is 9.97 Å². The summed E-state index contributed by atoms with van der Waals surface area (Å²) in [7, 11) is 0. The minimum absolute atomic E-state index is 0.0244. The van der Waals surface area contributed by atoms with Gasteiger partial charge in [0.1, 0.15) is 10.5 Å². The smallest absolute Gasteiger partial charge is 0.268 e. The second-order valence-corrected chi connectivity index (χ2v) is 4.34. The highest BCUT2D eigenvalue weighted by Gasteiger charge is 2.09. The van der Waals surface area contributed by atoms with Crippen molar-refractivity contribution in [2.45, 2.75) is 20.8 Å². The summed E-state index contributed by atoms with van der Waals surface area (Å²) < 4.78 is 0.737. The van der Waals surface area contributed by atoms with E-state index in [1.165, 1.54) is 16.2 Å². The van der Waals surface area contributed by atoms with Crippen LogP contribution in [0.4, 0.5) is 0 Å². The number of aromatic nitrogens is 2. The number of aromatic amines is 1. The molecule has 0 aliphatic rings. The van der Waals surface area contributed by atoms with Gasteiger partial charge in [0.25, 0.3) is 5.56 Å². The lowest BCUT2D eigenvalue weighted by molar-refractivity contribution is 1.06. The number of thiophene rings is 1. The van der Waals surface area contributed by atoms with Crippen LogP contribution in [0.25, 0.3) is 10.2 Å². The van der Waals surface area contributed by atoms with Crippen LogP contribution in [0.15, 0.2) is 4.79 Å². The van der Waals surface area contributed by atoms with Crippen LogP contribution in [0.5, 0.6) is 0 Å². The Kier molecular flexibility index (Phi) is 1.73. The molecule has 0 aromatic carbocycles. The molecule has 4 heteroatoms. The van der Waals surface area contributed by atoms with E-state index in [4.69, 9.17) is 0 Å². The van der Waals surface area contributed by atoms with Gasteiger partial charge in [0.05, 0.1) is 5.52 Å². The van der Waals surface area contributed by atoms with Gasteiger partial charge >= 0.3 is 0 Å². The Morgan fingerprint density at radius 2 is 2.00 bits per heavy atom. The lowest BCUT2D eigenvalue weighted by atomic mass is 10.2. The van der Waals surface area contributed by atoms with Gasteiger partial charge in [0.2, 0.25) is 0 Å². The number of nitrogens with zero attached hydrogens (tertiary/aromatic N) is 1. The van der Waals surface area contributed by atoms with Crippen LogP contribution in [0.1, 0.15) is 16.3 Å². The van der Waals surface area contributed by atoms with Crippen molar-refractivity contribution in [3.8, 4) is 0 Å². The fourth-order valence-electron chi connectivity index (χ4n) is 1.32. The van der Waals surface area contributed by atoms with E-state index < -0.39 is 0 Å². The van der Waals surface area contributed by atoms with E-state index >= 15 is 0 Å². The van der Waals surface area contributed by atoms with Crippen LogP contribution >= 0.6 is 11.3 Å². The predicted octanol–water partition coefficient (Wildman–Crippen LogP) is 1.91. The SMILES string of the molecule is Cc1nc2c(C)c(C)sc2c(=O)[nH]1. The highest BCUT2D eigenvalue weighted by Crippen LogP contribution is 2.25. The molecule has 68 valence electrons. The van der Waals surface area contributed by atoms with Gasteiger partial charge in [0, 0.05) is 4.88 Å². The number of aryl methyl sites for hydroxylation is 3. The van der Waals surface area contributed by atoms with Crippen LogP contribution in [-0.2, 0) is 0 Å². The topological polar surface area (TPSA) is 45.8 Å². The van der Waals surface area contributed by atoms with Gasteiger partial charge in [-0.15, -0.1) is 11.3 Å². The van der Waals surface area contributed by atoms with Crippen molar-refractivity contribution in [3.63, 3.8) is 0 Å². The van der Waals surface area contributed by atoms with Crippen molar-refractivity contribution < 1.29 is 0 Å². The Morgan fingerprint density at radius 1 is 1.31 bits per heavy atom. The molecule has 0 spiro atoms. The van der Waals surface area contributed by atoms with Crippen molar-refractivity contribution in [3.05, 3.63) is 26.6 Å². The first-order valence-corrected chi connectivity index (χ1v) is 4.88. The monoisotopic (exact) mass is 194 g/mol. The quantitative estimate of drug-likeness (QED) is 0.696. The number of hydrogen-bond donors (Lipinski definition) is 1. The van der Waals surface area contributed by atoms with Crippen LogP contribution in [-0.4, -0.2) is 9.97 Å². The van der Waals surface area contributed by atoms with Crippen molar-refractivity contribution in [2.24, 2.45) is 0 Å². The summed E-state index contributed by atoms with van der Waals surface area (Å²) in [5, 5.41) is 0. The third-order valence-electron chi connectivity index (χ3n) is 2.13. The van der Waals surface area contributed by atoms with E-state index in [1.807, 2.05) is 13.8 Å².